The maximum Gasteiger partial charge on any atom is 0.294 e. The largest absolute Gasteiger partial charge is 0.487 e. The van der Waals surface area contributed by atoms with Crippen LogP contribution >= 0.6 is 11.6 Å². The molecule has 4 nitrogen and oxygen atoms in total. The minimum atomic E-state index is -0.162. The standard InChI is InChI=1S/C20H18ClNO3/c1-11-8-18-14(9-15(11)21)13(3)19(25-18)20(23)22-10-12(2)24-17-7-5-4-6-16(17)22/h4-9,12H,10H2,1-3H3. The molecule has 0 aliphatic carbocycles. The van der Waals surface area contributed by atoms with E-state index >= 15 is 0 Å². The second-order valence-corrected chi connectivity index (χ2v) is 6.87. The molecule has 2 heterocycles. The number of rotatable bonds is 1. The number of ether oxygens (including phenoxy) is 1. The summed E-state index contributed by atoms with van der Waals surface area (Å²) in [7, 11) is 0. The van der Waals surface area contributed by atoms with Crippen LogP contribution in [0.2, 0.25) is 5.02 Å². The van der Waals surface area contributed by atoms with Crippen LogP contribution in [0.25, 0.3) is 11.0 Å². The Balaban J connectivity index is 1.82. The molecule has 1 aromatic heterocycles. The number of hydrogen-bond acceptors (Lipinski definition) is 3. The molecule has 1 aliphatic rings. The van der Waals surface area contributed by atoms with Crippen LogP contribution < -0.4 is 9.64 Å². The van der Waals surface area contributed by atoms with Crippen molar-refractivity contribution < 1.29 is 13.9 Å². The van der Waals surface area contributed by atoms with Gasteiger partial charge in [-0.05, 0) is 50.6 Å². The molecule has 1 amide bonds. The molecule has 0 N–H and O–H groups in total. The third-order valence-electron chi connectivity index (χ3n) is 4.58. The van der Waals surface area contributed by atoms with Gasteiger partial charge in [-0.25, -0.2) is 0 Å². The van der Waals surface area contributed by atoms with Crippen molar-refractivity contribution in [3.8, 4) is 5.75 Å². The lowest BCUT2D eigenvalue weighted by molar-refractivity contribution is 0.0935. The van der Waals surface area contributed by atoms with Gasteiger partial charge < -0.3 is 9.15 Å². The minimum Gasteiger partial charge on any atom is -0.487 e. The molecule has 25 heavy (non-hydrogen) atoms. The van der Waals surface area contributed by atoms with Gasteiger partial charge in [0.2, 0.25) is 0 Å². The van der Waals surface area contributed by atoms with E-state index in [2.05, 4.69) is 0 Å². The van der Waals surface area contributed by atoms with Crippen LogP contribution in [0.15, 0.2) is 40.8 Å². The summed E-state index contributed by atoms with van der Waals surface area (Å²) < 4.78 is 11.7. The lowest BCUT2D eigenvalue weighted by Crippen LogP contribution is -2.42. The van der Waals surface area contributed by atoms with Crippen molar-refractivity contribution >= 4 is 34.2 Å². The molecule has 0 fully saturated rings. The summed E-state index contributed by atoms with van der Waals surface area (Å²) in [4.78, 5) is 14.9. The number of fused-ring (bicyclic) bond motifs is 2. The lowest BCUT2D eigenvalue weighted by atomic mass is 10.1. The van der Waals surface area contributed by atoms with E-state index in [1.165, 1.54) is 0 Å². The highest BCUT2D eigenvalue weighted by molar-refractivity contribution is 6.32. The molecule has 1 aliphatic heterocycles. The Morgan fingerprint density at radius 2 is 2.00 bits per heavy atom. The predicted molar refractivity (Wildman–Crippen MR) is 98.9 cm³/mol. The number of para-hydroxylation sites is 2. The first-order valence-electron chi connectivity index (χ1n) is 8.22. The molecule has 128 valence electrons. The first kappa shape index (κ1) is 16.0. The van der Waals surface area contributed by atoms with Gasteiger partial charge in [-0.15, -0.1) is 0 Å². The molecule has 0 bridgehead atoms. The Morgan fingerprint density at radius 3 is 2.80 bits per heavy atom. The second-order valence-electron chi connectivity index (χ2n) is 6.47. The maximum atomic E-state index is 13.2. The van der Waals surface area contributed by atoms with Gasteiger partial charge in [0.15, 0.2) is 5.76 Å². The normalized spacial score (nSPS) is 16.6. The molecule has 3 aromatic rings. The number of anilines is 1. The summed E-state index contributed by atoms with van der Waals surface area (Å²) in [6.07, 6.45) is -0.0831. The maximum absolute atomic E-state index is 13.2. The second kappa shape index (κ2) is 5.81. The SMILES string of the molecule is Cc1cc2oc(C(=O)N3CC(C)Oc4ccccc43)c(C)c2cc1Cl. The zero-order chi connectivity index (χ0) is 17.7. The summed E-state index contributed by atoms with van der Waals surface area (Å²) in [6.45, 7) is 6.23. The molecule has 1 atom stereocenters. The van der Waals surface area contributed by atoms with Crippen LogP contribution in [0.5, 0.6) is 5.75 Å². The molecule has 2 aromatic carbocycles. The van der Waals surface area contributed by atoms with E-state index in [0.29, 0.717) is 28.7 Å². The highest BCUT2D eigenvalue weighted by Crippen LogP contribution is 2.36. The van der Waals surface area contributed by atoms with Gasteiger partial charge in [0.1, 0.15) is 17.4 Å². The summed E-state index contributed by atoms with van der Waals surface area (Å²) in [6, 6.07) is 11.3. The van der Waals surface area contributed by atoms with E-state index in [4.69, 9.17) is 20.8 Å². The van der Waals surface area contributed by atoms with Crippen molar-refractivity contribution in [1.82, 2.24) is 0 Å². The Kier molecular flexibility index (Phi) is 3.73. The van der Waals surface area contributed by atoms with E-state index < -0.39 is 0 Å². The molecule has 0 radical (unpaired) electrons. The highest BCUT2D eigenvalue weighted by Gasteiger charge is 2.31. The fourth-order valence-corrected chi connectivity index (χ4v) is 3.41. The van der Waals surface area contributed by atoms with Crippen molar-refractivity contribution in [2.45, 2.75) is 26.9 Å². The van der Waals surface area contributed by atoms with Crippen LogP contribution in [0.3, 0.4) is 0 Å². The fraction of sp³-hybridized carbons (Fsp3) is 0.250. The van der Waals surface area contributed by atoms with Gasteiger partial charge in [0, 0.05) is 16.0 Å². The smallest absolute Gasteiger partial charge is 0.294 e. The Hall–Kier alpha value is -2.46. The summed E-state index contributed by atoms with van der Waals surface area (Å²) in [5.41, 5.74) is 3.17. The Bertz CT molecular complexity index is 992. The quantitative estimate of drug-likeness (QED) is 0.607. The van der Waals surface area contributed by atoms with E-state index in [1.54, 1.807) is 4.90 Å². The van der Waals surface area contributed by atoms with Crippen molar-refractivity contribution in [3.63, 3.8) is 0 Å². The van der Waals surface area contributed by atoms with Gasteiger partial charge in [-0.3, -0.25) is 9.69 Å². The number of carbonyl (C=O) groups excluding carboxylic acids is 1. The minimum absolute atomic E-state index is 0.0831. The topological polar surface area (TPSA) is 42.7 Å². The van der Waals surface area contributed by atoms with E-state index in [0.717, 1.165) is 22.2 Å². The fourth-order valence-electron chi connectivity index (χ4n) is 3.25. The van der Waals surface area contributed by atoms with Crippen LogP contribution in [0.4, 0.5) is 5.69 Å². The zero-order valence-electron chi connectivity index (χ0n) is 14.3. The lowest BCUT2D eigenvalue weighted by Gasteiger charge is -2.33. The summed E-state index contributed by atoms with van der Waals surface area (Å²) >= 11 is 6.23. The number of carbonyl (C=O) groups is 1. The third kappa shape index (κ3) is 2.57. The van der Waals surface area contributed by atoms with Crippen molar-refractivity contribution in [2.24, 2.45) is 0 Å². The van der Waals surface area contributed by atoms with Crippen molar-refractivity contribution in [3.05, 3.63) is 58.3 Å². The van der Waals surface area contributed by atoms with Crippen LogP contribution in [-0.2, 0) is 0 Å². The average molecular weight is 356 g/mol. The third-order valence-corrected chi connectivity index (χ3v) is 4.99. The zero-order valence-corrected chi connectivity index (χ0v) is 15.1. The predicted octanol–water partition coefficient (Wildman–Crippen LogP) is 5.13. The van der Waals surface area contributed by atoms with E-state index in [-0.39, 0.29) is 12.0 Å². The van der Waals surface area contributed by atoms with Crippen LogP contribution in [0, 0.1) is 13.8 Å². The molecular weight excluding hydrogens is 338 g/mol. The van der Waals surface area contributed by atoms with Crippen molar-refractivity contribution in [1.29, 1.82) is 0 Å². The molecule has 1 unspecified atom stereocenters. The Labute approximate surface area is 150 Å². The molecule has 5 heteroatoms. The van der Waals surface area contributed by atoms with Gasteiger partial charge in [0.05, 0.1) is 12.2 Å². The van der Waals surface area contributed by atoms with Gasteiger partial charge >= 0.3 is 0 Å². The molecular formula is C20H18ClNO3. The van der Waals surface area contributed by atoms with E-state index in [9.17, 15) is 4.79 Å². The Morgan fingerprint density at radius 1 is 1.24 bits per heavy atom. The van der Waals surface area contributed by atoms with Crippen LogP contribution in [-0.4, -0.2) is 18.6 Å². The van der Waals surface area contributed by atoms with Crippen molar-refractivity contribution in [2.75, 3.05) is 11.4 Å². The highest BCUT2D eigenvalue weighted by atomic mass is 35.5. The number of aryl methyl sites for hydroxylation is 2. The molecule has 4 rings (SSSR count). The van der Waals surface area contributed by atoms with E-state index in [1.807, 2.05) is 57.2 Å². The number of benzene rings is 2. The number of halogens is 1. The van der Waals surface area contributed by atoms with Gasteiger partial charge in [0.25, 0.3) is 5.91 Å². The first-order valence-corrected chi connectivity index (χ1v) is 8.60. The molecule has 0 spiro atoms. The summed E-state index contributed by atoms with van der Waals surface area (Å²) in [5.74, 6) is 0.896. The summed E-state index contributed by atoms with van der Waals surface area (Å²) in [5, 5.41) is 1.54. The monoisotopic (exact) mass is 355 g/mol. The molecule has 0 saturated carbocycles. The average Bonchev–Trinajstić information content (AvgIpc) is 2.90. The van der Waals surface area contributed by atoms with Crippen LogP contribution in [0.1, 0.15) is 28.6 Å². The van der Waals surface area contributed by atoms with Gasteiger partial charge in [-0.1, -0.05) is 23.7 Å². The number of furan rings is 1. The number of amides is 1. The van der Waals surface area contributed by atoms with Gasteiger partial charge in [-0.2, -0.15) is 0 Å². The first-order chi connectivity index (χ1) is 12.0. The number of hydrogen-bond donors (Lipinski definition) is 0. The molecule has 0 saturated heterocycles. The number of nitrogens with zero attached hydrogens (tertiary/aromatic N) is 1.